The summed E-state index contributed by atoms with van der Waals surface area (Å²) in [5.74, 6) is 0.0957. The number of halogens is 1. The van der Waals surface area contributed by atoms with Crippen LogP contribution in [0.4, 0.5) is 10.1 Å². The lowest BCUT2D eigenvalue weighted by Crippen LogP contribution is -2.22. The Morgan fingerprint density at radius 2 is 2.08 bits per heavy atom. The minimum Gasteiger partial charge on any atom is -0.383 e. The minimum atomic E-state index is -0.424. The molecule has 0 bridgehead atoms. The molecule has 3 rings (SSSR count). The van der Waals surface area contributed by atoms with Gasteiger partial charge in [0.15, 0.2) is 0 Å². The van der Waals surface area contributed by atoms with Crippen molar-refractivity contribution in [2.45, 2.75) is 26.8 Å². The monoisotopic (exact) mass is 343 g/mol. The summed E-state index contributed by atoms with van der Waals surface area (Å²) in [7, 11) is 0. The third-order valence-electron chi connectivity index (χ3n) is 3.70. The van der Waals surface area contributed by atoms with Crippen LogP contribution in [0.3, 0.4) is 0 Å². The molecule has 0 unspecified atom stereocenters. The molecule has 8 nitrogen and oxygen atoms in total. The summed E-state index contributed by atoms with van der Waals surface area (Å²) in [4.78, 5) is 16.4. The predicted octanol–water partition coefficient (Wildman–Crippen LogP) is 1.48. The first-order valence-corrected chi connectivity index (χ1v) is 7.86. The predicted molar refractivity (Wildman–Crippen MR) is 90.2 cm³/mol. The number of hydrogen-bond donors (Lipinski definition) is 1. The molecular weight excluding hydrogens is 325 g/mol. The molecule has 0 radical (unpaired) electrons. The summed E-state index contributed by atoms with van der Waals surface area (Å²) in [5, 5.41) is 13.9. The lowest BCUT2D eigenvalue weighted by atomic mass is 10.2. The fraction of sp³-hybridized carbons (Fsp3) is 0.312. The number of aryl methyl sites for hydroxylation is 3. The maximum Gasteiger partial charge on any atom is 0.258 e. The standard InChI is InChI=1S/C16H18FN7O/c1-11-8-16(25)24(12(2)20-11)13-4-5-15(14(17)9-13)18-6-3-7-23-10-19-21-22-23/h4-5,8-10,18H,3,6-7H2,1-2H3. The Morgan fingerprint density at radius 3 is 2.76 bits per heavy atom. The summed E-state index contributed by atoms with van der Waals surface area (Å²) < 4.78 is 17.3. The van der Waals surface area contributed by atoms with Crippen LogP contribution >= 0.6 is 0 Å². The van der Waals surface area contributed by atoms with Crippen molar-refractivity contribution >= 4 is 5.69 Å². The second kappa shape index (κ2) is 7.20. The Balaban J connectivity index is 1.70. The summed E-state index contributed by atoms with van der Waals surface area (Å²) in [6.45, 7) is 4.68. The minimum absolute atomic E-state index is 0.230. The molecule has 0 saturated heterocycles. The van der Waals surface area contributed by atoms with E-state index in [1.165, 1.54) is 23.0 Å². The molecule has 25 heavy (non-hydrogen) atoms. The Kier molecular flexibility index (Phi) is 4.82. The van der Waals surface area contributed by atoms with E-state index in [0.29, 0.717) is 36.0 Å². The number of nitrogens with zero attached hydrogens (tertiary/aromatic N) is 6. The van der Waals surface area contributed by atoms with E-state index >= 15 is 0 Å². The number of rotatable bonds is 6. The molecule has 0 spiro atoms. The summed E-state index contributed by atoms with van der Waals surface area (Å²) >= 11 is 0. The van der Waals surface area contributed by atoms with Gasteiger partial charge in [-0.05, 0) is 42.8 Å². The van der Waals surface area contributed by atoms with E-state index in [1.807, 2.05) is 0 Å². The molecule has 0 fully saturated rings. The number of aromatic nitrogens is 6. The fourth-order valence-corrected chi connectivity index (χ4v) is 2.59. The Labute approximate surface area is 143 Å². The number of anilines is 1. The second-order valence-corrected chi connectivity index (χ2v) is 5.64. The molecule has 0 atom stereocenters. The average Bonchev–Trinajstić information content (AvgIpc) is 3.05. The number of tetrazole rings is 1. The van der Waals surface area contributed by atoms with Gasteiger partial charge in [0, 0.05) is 30.9 Å². The Morgan fingerprint density at radius 1 is 1.24 bits per heavy atom. The van der Waals surface area contributed by atoms with Crippen LogP contribution in [-0.4, -0.2) is 36.3 Å². The first-order chi connectivity index (χ1) is 12.0. The van der Waals surface area contributed by atoms with Gasteiger partial charge in [-0.25, -0.2) is 14.1 Å². The van der Waals surface area contributed by atoms with Gasteiger partial charge in [-0.15, -0.1) is 5.10 Å². The molecule has 1 N–H and O–H groups in total. The molecule has 0 aliphatic rings. The highest BCUT2D eigenvalue weighted by Gasteiger charge is 2.09. The smallest absolute Gasteiger partial charge is 0.258 e. The highest BCUT2D eigenvalue weighted by atomic mass is 19.1. The highest BCUT2D eigenvalue weighted by molar-refractivity contribution is 5.50. The van der Waals surface area contributed by atoms with Crippen molar-refractivity contribution in [2.24, 2.45) is 0 Å². The van der Waals surface area contributed by atoms with Crippen molar-refractivity contribution in [3.05, 3.63) is 58.3 Å². The molecule has 9 heteroatoms. The highest BCUT2D eigenvalue weighted by Crippen LogP contribution is 2.18. The normalized spacial score (nSPS) is 10.8. The second-order valence-electron chi connectivity index (χ2n) is 5.64. The molecule has 130 valence electrons. The van der Waals surface area contributed by atoms with Gasteiger partial charge in [-0.1, -0.05) is 0 Å². The molecule has 0 aliphatic heterocycles. The number of benzene rings is 1. The lowest BCUT2D eigenvalue weighted by molar-refractivity contribution is 0.568. The first kappa shape index (κ1) is 16.7. The van der Waals surface area contributed by atoms with Crippen LogP contribution in [0.25, 0.3) is 5.69 Å². The third kappa shape index (κ3) is 3.87. The SMILES string of the molecule is Cc1cc(=O)n(-c2ccc(NCCCn3cnnn3)c(F)c2)c(C)n1. The Bertz CT molecular complexity index is 921. The van der Waals surface area contributed by atoms with E-state index in [0.717, 1.165) is 6.42 Å². The van der Waals surface area contributed by atoms with E-state index in [-0.39, 0.29) is 5.56 Å². The number of hydrogen-bond acceptors (Lipinski definition) is 6. The summed E-state index contributed by atoms with van der Waals surface area (Å²) in [6.07, 6.45) is 2.28. The van der Waals surface area contributed by atoms with Gasteiger partial charge < -0.3 is 5.32 Å². The van der Waals surface area contributed by atoms with Gasteiger partial charge >= 0.3 is 0 Å². The molecule has 0 amide bonds. The lowest BCUT2D eigenvalue weighted by Gasteiger charge is -2.12. The fourth-order valence-electron chi connectivity index (χ4n) is 2.59. The zero-order valence-electron chi connectivity index (χ0n) is 14.0. The number of nitrogens with one attached hydrogen (secondary N) is 1. The van der Waals surface area contributed by atoms with E-state index in [9.17, 15) is 9.18 Å². The van der Waals surface area contributed by atoms with Crippen molar-refractivity contribution in [1.29, 1.82) is 0 Å². The van der Waals surface area contributed by atoms with Gasteiger partial charge in [0.2, 0.25) is 0 Å². The van der Waals surface area contributed by atoms with E-state index in [4.69, 9.17) is 0 Å². The van der Waals surface area contributed by atoms with Crippen molar-refractivity contribution in [3.8, 4) is 5.69 Å². The van der Waals surface area contributed by atoms with E-state index in [1.54, 1.807) is 30.7 Å². The van der Waals surface area contributed by atoms with Gasteiger partial charge in [-0.2, -0.15) is 0 Å². The van der Waals surface area contributed by atoms with E-state index in [2.05, 4.69) is 25.8 Å². The maximum absolute atomic E-state index is 14.3. The third-order valence-corrected chi connectivity index (χ3v) is 3.70. The molecule has 3 aromatic rings. The molecule has 0 aliphatic carbocycles. The molecule has 2 aromatic heterocycles. The summed E-state index contributed by atoms with van der Waals surface area (Å²) in [5.41, 5.74) is 1.24. The molecule has 2 heterocycles. The van der Waals surface area contributed by atoms with Crippen LogP contribution in [0.2, 0.25) is 0 Å². The zero-order valence-corrected chi connectivity index (χ0v) is 14.0. The van der Waals surface area contributed by atoms with Crippen LogP contribution in [0.15, 0.2) is 35.4 Å². The van der Waals surface area contributed by atoms with Crippen LogP contribution in [0.5, 0.6) is 0 Å². The van der Waals surface area contributed by atoms with Gasteiger partial charge in [0.05, 0.1) is 11.4 Å². The summed E-state index contributed by atoms with van der Waals surface area (Å²) in [6, 6.07) is 6.07. The van der Waals surface area contributed by atoms with E-state index < -0.39 is 5.82 Å². The van der Waals surface area contributed by atoms with Crippen LogP contribution in [-0.2, 0) is 6.54 Å². The van der Waals surface area contributed by atoms with Crippen molar-refractivity contribution in [3.63, 3.8) is 0 Å². The van der Waals surface area contributed by atoms with Crippen LogP contribution in [0, 0.1) is 19.7 Å². The molecule has 0 saturated carbocycles. The topological polar surface area (TPSA) is 90.5 Å². The van der Waals surface area contributed by atoms with Crippen molar-refractivity contribution in [1.82, 2.24) is 29.8 Å². The zero-order chi connectivity index (χ0) is 17.8. The molecule has 1 aromatic carbocycles. The largest absolute Gasteiger partial charge is 0.383 e. The quantitative estimate of drug-likeness (QED) is 0.682. The van der Waals surface area contributed by atoms with Crippen LogP contribution < -0.4 is 10.9 Å². The van der Waals surface area contributed by atoms with Crippen molar-refractivity contribution in [2.75, 3.05) is 11.9 Å². The molecular formula is C16H18FN7O. The Hall–Kier alpha value is -3.10. The average molecular weight is 343 g/mol. The first-order valence-electron chi connectivity index (χ1n) is 7.86. The van der Waals surface area contributed by atoms with Crippen molar-refractivity contribution < 1.29 is 4.39 Å². The van der Waals surface area contributed by atoms with Crippen LogP contribution in [0.1, 0.15) is 17.9 Å². The van der Waals surface area contributed by atoms with Gasteiger partial charge in [0.1, 0.15) is 18.0 Å². The van der Waals surface area contributed by atoms with Gasteiger partial charge in [0.25, 0.3) is 5.56 Å². The van der Waals surface area contributed by atoms with Gasteiger partial charge in [-0.3, -0.25) is 9.36 Å². The maximum atomic E-state index is 14.3.